The van der Waals surface area contributed by atoms with Crippen molar-refractivity contribution >= 4 is 47.4 Å². The lowest BCUT2D eigenvalue weighted by atomic mass is 9.85. The minimum absolute atomic E-state index is 0.00544. The summed E-state index contributed by atoms with van der Waals surface area (Å²) >= 11 is 0. The molecule has 0 unspecified atom stereocenters. The molecule has 1 saturated heterocycles. The first kappa shape index (κ1) is 56.3. The molecule has 0 spiro atoms. The van der Waals surface area contributed by atoms with Crippen molar-refractivity contribution in [3.05, 3.63) is 29.8 Å². The number of likely N-dealkylation sites (tertiary alicyclic amines) is 1. The summed E-state index contributed by atoms with van der Waals surface area (Å²) in [5.74, 6) is -7.12. The smallest absolute Gasteiger partial charge is 0.490 e. The Balaban J connectivity index is 0.00000269. The van der Waals surface area contributed by atoms with Gasteiger partial charge in [-0.05, 0) is 87.6 Å². The van der Waals surface area contributed by atoms with Gasteiger partial charge in [-0.3, -0.25) is 29.0 Å². The number of unbranched alkanes of at least 4 members (excludes halogenated alkanes) is 1. The Bertz CT molecular complexity index is 1740. The van der Waals surface area contributed by atoms with Crippen LogP contribution in [0.3, 0.4) is 0 Å². The van der Waals surface area contributed by atoms with E-state index in [2.05, 4.69) is 31.6 Å². The number of amides is 5. The summed E-state index contributed by atoms with van der Waals surface area (Å²) < 4.78 is 31.7. The summed E-state index contributed by atoms with van der Waals surface area (Å²) in [6.07, 6.45) is -1.15. The second kappa shape index (κ2) is 26.8. The molecule has 1 heterocycles. The Kier molecular flexibility index (Phi) is 23.6. The number of carboxylic acids is 2. The van der Waals surface area contributed by atoms with Gasteiger partial charge in [0.15, 0.2) is 5.96 Å². The quantitative estimate of drug-likeness (QED) is 0.0426. The van der Waals surface area contributed by atoms with Gasteiger partial charge in [0, 0.05) is 25.4 Å². The number of nitrogens with zero attached hydrogens (tertiary/aromatic N) is 2. The second-order valence-corrected chi connectivity index (χ2v) is 17.3. The van der Waals surface area contributed by atoms with Crippen LogP contribution in [-0.2, 0) is 40.0 Å². The molecule has 1 aliphatic rings. The molecule has 0 saturated carbocycles. The molecule has 1 aromatic rings. The molecule has 64 heavy (non-hydrogen) atoms. The highest BCUT2D eigenvalue weighted by molar-refractivity contribution is 5.96. The summed E-state index contributed by atoms with van der Waals surface area (Å²) in [5, 5.41) is 40.9. The van der Waals surface area contributed by atoms with Gasteiger partial charge in [0.25, 0.3) is 0 Å². The molecule has 362 valence electrons. The average Bonchev–Trinajstić information content (AvgIpc) is 3.69. The van der Waals surface area contributed by atoms with Crippen molar-refractivity contribution in [2.45, 2.75) is 136 Å². The highest BCUT2D eigenvalue weighted by Crippen LogP contribution is 2.23. The number of aliphatic carboxylic acids is 2. The zero-order valence-corrected chi connectivity index (χ0v) is 37.7. The van der Waals surface area contributed by atoms with Gasteiger partial charge in [-0.2, -0.15) is 13.2 Å². The predicted molar refractivity (Wildman–Crippen MR) is 231 cm³/mol. The number of phenols is 1. The van der Waals surface area contributed by atoms with Crippen LogP contribution in [0.5, 0.6) is 5.75 Å². The molecule has 12 N–H and O–H groups in total. The first-order chi connectivity index (χ1) is 29.7. The first-order valence-corrected chi connectivity index (χ1v) is 21.2. The summed E-state index contributed by atoms with van der Waals surface area (Å²) in [6, 6.07) is 0.582. The molecule has 1 fully saturated rings. The van der Waals surface area contributed by atoms with Gasteiger partial charge in [0.1, 0.15) is 36.0 Å². The Morgan fingerprint density at radius 2 is 1.42 bits per heavy atom. The van der Waals surface area contributed by atoms with E-state index < -0.39 is 77.4 Å². The molecule has 1 aromatic carbocycles. The topological polar surface area (TPSA) is 308 Å². The van der Waals surface area contributed by atoms with Gasteiger partial charge in [-0.1, -0.05) is 60.1 Å². The highest BCUT2D eigenvalue weighted by atomic mass is 19.4. The summed E-state index contributed by atoms with van der Waals surface area (Å²) in [5.41, 5.74) is 10.7. The van der Waals surface area contributed by atoms with Crippen LogP contribution in [0.4, 0.5) is 13.2 Å². The minimum Gasteiger partial charge on any atom is -0.508 e. The molecule has 0 aromatic heterocycles. The maximum Gasteiger partial charge on any atom is 0.490 e. The lowest BCUT2D eigenvalue weighted by molar-refractivity contribution is -0.192. The summed E-state index contributed by atoms with van der Waals surface area (Å²) in [6.45, 7) is 12.0. The third kappa shape index (κ3) is 20.7. The van der Waals surface area contributed by atoms with Crippen LogP contribution in [0, 0.1) is 17.3 Å². The zero-order chi connectivity index (χ0) is 48.9. The Hall–Kier alpha value is -5.67. The maximum absolute atomic E-state index is 14.2. The average molecular weight is 916 g/mol. The van der Waals surface area contributed by atoms with Crippen LogP contribution in [0.2, 0.25) is 0 Å². The van der Waals surface area contributed by atoms with E-state index in [4.69, 9.17) is 21.4 Å². The molecule has 5 amide bonds. The number of carbonyl (C=O) groups excluding carboxylic acids is 5. The number of rotatable bonds is 23. The van der Waals surface area contributed by atoms with E-state index in [0.717, 1.165) is 19.4 Å². The van der Waals surface area contributed by atoms with E-state index in [0.29, 0.717) is 31.2 Å². The van der Waals surface area contributed by atoms with Gasteiger partial charge >= 0.3 is 18.1 Å². The van der Waals surface area contributed by atoms with E-state index in [1.165, 1.54) is 17.0 Å². The third-order valence-electron chi connectivity index (χ3n) is 10.1. The fourth-order valence-corrected chi connectivity index (χ4v) is 6.67. The van der Waals surface area contributed by atoms with Gasteiger partial charge in [0.2, 0.25) is 29.5 Å². The fraction of sp³-hybridized carbons (Fsp3) is 0.667. The highest BCUT2D eigenvalue weighted by Gasteiger charge is 2.41. The Morgan fingerprint density at radius 1 is 0.828 bits per heavy atom. The van der Waals surface area contributed by atoms with Crippen LogP contribution in [0.15, 0.2) is 29.3 Å². The standard InChI is InChI=1S/C40H67N9O8.C2HF3O2/c1-24(2)22-30(38(56)57)47-36(54)32(40(4,5)6)48-34(52)29(23-26-15-17-27(50)18-16-26)46-35(53)31-14-11-21-49(31)37(55)28(13-10-20-44-39(41)42)45-33(51)25(3)12-8-9-19-43-7;3-2(4,5)1(6)7/h15-18,24-25,28-32,43,50H,8-14,19-23H2,1-7H3,(H,45,51)(H,46,53)(H,47,54)(H,48,52)(H,56,57)(H4,41,42,44);(H,6,7)/t25-,28-,29-,30-,31-,32+;/m0./s1. The molecule has 22 heteroatoms. The van der Waals surface area contributed by atoms with Crippen molar-refractivity contribution in [3.63, 3.8) is 0 Å². The number of carbonyl (C=O) groups is 7. The summed E-state index contributed by atoms with van der Waals surface area (Å²) in [7, 11) is 1.86. The molecule has 19 nitrogen and oxygen atoms in total. The molecule has 0 bridgehead atoms. The lowest BCUT2D eigenvalue weighted by Crippen LogP contribution is -2.61. The SMILES string of the molecule is CNCCCC[C@H](C)C(=O)N[C@@H](CCCN=C(N)N)C(=O)N1CCC[C@H]1C(=O)N[C@@H](Cc1ccc(O)cc1)C(=O)N[C@H](C(=O)N[C@@H](CC(C)C)C(=O)O)C(C)(C)C.O=C(O)C(F)(F)F. The van der Waals surface area contributed by atoms with E-state index in [9.17, 15) is 52.2 Å². The van der Waals surface area contributed by atoms with Crippen molar-refractivity contribution in [2.24, 2.45) is 33.7 Å². The maximum atomic E-state index is 14.2. The van der Waals surface area contributed by atoms with E-state index >= 15 is 0 Å². The van der Waals surface area contributed by atoms with Crippen LogP contribution in [-0.4, -0.2) is 131 Å². The lowest BCUT2D eigenvalue weighted by Gasteiger charge is -2.33. The van der Waals surface area contributed by atoms with Crippen LogP contribution >= 0.6 is 0 Å². The molecule has 0 radical (unpaired) electrons. The number of benzene rings is 1. The number of alkyl halides is 3. The number of hydrogen-bond donors (Lipinski definition) is 10. The predicted octanol–water partition coefficient (Wildman–Crippen LogP) is 1.75. The monoisotopic (exact) mass is 916 g/mol. The largest absolute Gasteiger partial charge is 0.508 e. The van der Waals surface area contributed by atoms with Crippen LogP contribution in [0.1, 0.15) is 98.5 Å². The van der Waals surface area contributed by atoms with Crippen molar-refractivity contribution < 1.29 is 62.1 Å². The fourth-order valence-electron chi connectivity index (χ4n) is 6.67. The van der Waals surface area contributed by atoms with Gasteiger partial charge in [-0.25, -0.2) is 9.59 Å². The van der Waals surface area contributed by atoms with E-state index in [1.807, 2.05) is 27.8 Å². The zero-order valence-electron chi connectivity index (χ0n) is 37.7. The Morgan fingerprint density at radius 3 is 1.94 bits per heavy atom. The number of carboxylic acid groups (broad SMARTS) is 2. The van der Waals surface area contributed by atoms with Crippen LogP contribution < -0.4 is 38.1 Å². The second-order valence-electron chi connectivity index (χ2n) is 17.3. The summed E-state index contributed by atoms with van der Waals surface area (Å²) in [4.78, 5) is 95.5. The van der Waals surface area contributed by atoms with E-state index in [1.54, 1.807) is 32.9 Å². The number of aromatic hydroxyl groups is 1. The number of hydrogen-bond acceptors (Lipinski definition) is 10. The third-order valence-corrected chi connectivity index (χ3v) is 10.1. The van der Waals surface area contributed by atoms with Gasteiger partial charge < -0.3 is 58.3 Å². The van der Waals surface area contributed by atoms with Crippen LogP contribution in [0.25, 0.3) is 0 Å². The van der Waals surface area contributed by atoms with Crippen molar-refractivity contribution in [1.82, 2.24) is 31.5 Å². The molecule has 6 atom stereocenters. The number of guanidine groups is 1. The number of nitrogens with one attached hydrogen (secondary N) is 5. The van der Waals surface area contributed by atoms with Crippen molar-refractivity contribution in [1.29, 1.82) is 0 Å². The molecular formula is C42H68F3N9O10. The van der Waals surface area contributed by atoms with Gasteiger partial charge in [0.05, 0.1) is 0 Å². The number of halogens is 3. The molecular weight excluding hydrogens is 848 g/mol. The number of aliphatic imine (C=N–C) groups is 1. The Labute approximate surface area is 372 Å². The van der Waals surface area contributed by atoms with E-state index in [-0.39, 0.29) is 61.8 Å². The molecule has 2 rings (SSSR count). The van der Waals surface area contributed by atoms with Gasteiger partial charge in [-0.15, -0.1) is 0 Å². The molecule has 0 aliphatic carbocycles. The minimum atomic E-state index is -5.08. The number of phenolic OH excluding ortho intramolecular Hbond substituents is 1. The normalized spacial score (nSPS) is 16.2. The molecule has 1 aliphatic heterocycles. The number of nitrogens with two attached hydrogens (primary N) is 2. The van der Waals surface area contributed by atoms with Crippen molar-refractivity contribution in [3.8, 4) is 5.75 Å². The first-order valence-electron chi connectivity index (χ1n) is 21.2. The van der Waals surface area contributed by atoms with Crippen molar-refractivity contribution in [2.75, 3.05) is 26.7 Å².